The SMILES string of the molecule is C[SiH](C)OC(CCC(C)(C)C)C(C)(C)C=O. The molecule has 16 heavy (non-hydrogen) atoms. The van der Waals surface area contributed by atoms with Crippen molar-refractivity contribution in [3.05, 3.63) is 0 Å². The summed E-state index contributed by atoms with van der Waals surface area (Å²) in [6, 6.07) is 0. The molecule has 1 unspecified atom stereocenters. The summed E-state index contributed by atoms with van der Waals surface area (Å²) < 4.78 is 6.01. The van der Waals surface area contributed by atoms with Gasteiger partial charge in [-0.3, -0.25) is 0 Å². The first-order valence-corrected chi connectivity index (χ1v) is 8.98. The Bertz CT molecular complexity index is 216. The molecule has 0 fully saturated rings. The Morgan fingerprint density at radius 1 is 1.19 bits per heavy atom. The highest BCUT2D eigenvalue weighted by molar-refractivity contribution is 6.48. The summed E-state index contributed by atoms with van der Waals surface area (Å²) in [6.07, 6.45) is 3.18. The minimum Gasteiger partial charge on any atom is -0.417 e. The van der Waals surface area contributed by atoms with Crippen molar-refractivity contribution >= 4 is 15.3 Å². The van der Waals surface area contributed by atoms with Crippen molar-refractivity contribution in [3.63, 3.8) is 0 Å². The van der Waals surface area contributed by atoms with Crippen molar-refractivity contribution in [2.75, 3.05) is 0 Å². The van der Waals surface area contributed by atoms with Crippen LogP contribution in [0.4, 0.5) is 0 Å². The van der Waals surface area contributed by atoms with E-state index < -0.39 is 9.04 Å². The van der Waals surface area contributed by atoms with Gasteiger partial charge >= 0.3 is 0 Å². The first-order chi connectivity index (χ1) is 7.08. The van der Waals surface area contributed by atoms with E-state index in [9.17, 15) is 4.79 Å². The van der Waals surface area contributed by atoms with Crippen LogP contribution in [0.15, 0.2) is 0 Å². The first kappa shape index (κ1) is 15.8. The van der Waals surface area contributed by atoms with Crippen LogP contribution >= 0.6 is 0 Å². The summed E-state index contributed by atoms with van der Waals surface area (Å²) in [5.74, 6) is 0. The second kappa shape index (κ2) is 5.96. The molecular weight excluding hydrogens is 216 g/mol. The number of aldehydes is 1. The monoisotopic (exact) mass is 244 g/mol. The second-order valence-electron chi connectivity index (χ2n) is 6.71. The molecular formula is C13H28O2Si. The zero-order valence-corrected chi connectivity index (χ0v) is 13.1. The van der Waals surface area contributed by atoms with Gasteiger partial charge in [-0.05, 0) is 31.4 Å². The summed E-state index contributed by atoms with van der Waals surface area (Å²) in [6.45, 7) is 14.9. The van der Waals surface area contributed by atoms with Gasteiger partial charge in [0.25, 0.3) is 0 Å². The van der Waals surface area contributed by atoms with E-state index in [1.165, 1.54) is 0 Å². The normalized spacial score (nSPS) is 15.2. The van der Waals surface area contributed by atoms with E-state index in [2.05, 4.69) is 33.9 Å². The molecule has 0 aliphatic carbocycles. The third-order valence-corrected chi connectivity index (χ3v) is 3.60. The van der Waals surface area contributed by atoms with Crippen LogP contribution in [-0.2, 0) is 9.22 Å². The zero-order valence-electron chi connectivity index (χ0n) is 12.0. The van der Waals surface area contributed by atoms with Gasteiger partial charge in [-0.1, -0.05) is 34.6 Å². The fraction of sp³-hybridized carbons (Fsp3) is 0.923. The Morgan fingerprint density at radius 3 is 2.00 bits per heavy atom. The minimum absolute atomic E-state index is 0.0795. The van der Waals surface area contributed by atoms with Gasteiger partial charge in [-0.2, -0.15) is 0 Å². The third-order valence-electron chi connectivity index (χ3n) is 2.73. The molecule has 0 aromatic rings. The van der Waals surface area contributed by atoms with E-state index >= 15 is 0 Å². The summed E-state index contributed by atoms with van der Waals surface area (Å²) in [5.41, 5.74) is -0.0539. The van der Waals surface area contributed by atoms with Crippen LogP contribution < -0.4 is 0 Å². The highest BCUT2D eigenvalue weighted by Crippen LogP contribution is 2.30. The van der Waals surface area contributed by atoms with Gasteiger partial charge in [0.15, 0.2) is 9.04 Å². The molecule has 0 spiro atoms. The smallest absolute Gasteiger partial charge is 0.171 e. The van der Waals surface area contributed by atoms with Crippen LogP contribution in [0, 0.1) is 10.8 Å². The average Bonchev–Trinajstić information content (AvgIpc) is 2.10. The summed E-state index contributed by atoms with van der Waals surface area (Å²) in [4.78, 5) is 11.1. The molecule has 0 radical (unpaired) electrons. The molecule has 0 saturated carbocycles. The van der Waals surface area contributed by atoms with E-state index in [0.29, 0.717) is 5.41 Å². The van der Waals surface area contributed by atoms with E-state index in [4.69, 9.17) is 4.43 Å². The molecule has 0 aromatic heterocycles. The topological polar surface area (TPSA) is 26.3 Å². The minimum atomic E-state index is -1.09. The molecule has 3 heteroatoms. The van der Waals surface area contributed by atoms with Crippen molar-refractivity contribution in [2.45, 2.75) is 66.7 Å². The Labute approximate surface area is 102 Å². The standard InChI is InChI=1S/C13H28O2Si/c1-12(2,3)9-8-11(15-16(6)7)13(4,5)10-14/h10-11,16H,8-9H2,1-7H3. The Balaban J connectivity index is 4.50. The van der Waals surface area contributed by atoms with Crippen LogP contribution in [0.5, 0.6) is 0 Å². The van der Waals surface area contributed by atoms with Gasteiger partial charge in [0.05, 0.1) is 6.10 Å². The second-order valence-corrected chi connectivity index (χ2v) is 9.08. The number of carbonyl (C=O) groups excluding carboxylic acids is 1. The van der Waals surface area contributed by atoms with Crippen molar-refractivity contribution in [3.8, 4) is 0 Å². The Hall–Kier alpha value is -0.153. The lowest BCUT2D eigenvalue weighted by atomic mass is 9.81. The largest absolute Gasteiger partial charge is 0.417 e. The van der Waals surface area contributed by atoms with Crippen molar-refractivity contribution in [1.82, 2.24) is 0 Å². The quantitative estimate of drug-likeness (QED) is 0.529. The van der Waals surface area contributed by atoms with E-state index in [0.717, 1.165) is 19.1 Å². The highest BCUT2D eigenvalue weighted by atomic mass is 28.3. The van der Waals surface area contributed by atoms with Crippen molar-refractivity contribution < 1.29 is 9.22 Å². The van der Waals surface area contributed by atoms with Crippen LogP contribution in [0.25, 0.3) is 0 Å². The molecule has 0 aliphatic heterocycles. The fourth-order valence-corrected chi connectivity index (χ4v) is 2.73. The summed E-state index contributed by atoms with van der Waals surface area (Å²) in [5, 5.41) is 0. The zero-order chi connectivity index (χ0) is 13.0. The lowest BCUT2D eigenvalue weighted by Gasteiger charge is -2.33. The predicted octanol–water partition coefficient (Wildman–Crippen LogP) is 3.41. The van der Waals surface area contributed by atoms with E-state index in [1.807, 2.05) is 13.8 Å². The lowest BCUT2D eigenvalue weighted by molar-refractivity contribution is -0.119. The molecule has 0 saturated heterocycles. The first-order valence-electron chi connectivity index (χ1n) is 6.20. The number of hydrogen-bond donors (Lipinski definition) is 0. The van der Waals surface area contributed by atoms with Crippen LogP contribution in [0.3, 0.4) is 0 Å². The number of hydrogen-bond acceptors (Lipinski definition) is 2. The van der Waals surface area contributed by atoms with Crippen LogP contribution in [0.2, 0.25) is 13.1 Å². The molecule has 0 rings (SSSR count). The average molecular weight is 244 g/mol. The predicted molar refractivity (Wildman–Crippen MR) is 72.3 cm³/mol. The van der Waals surface area contributed by atoms with Gasteiger partial charge in [0.1, 0.15) is 6.29 Å². The molecule has 96 valence electrons. The maximum absolute atomic E-state index is 11.1. The van der Waals surface area contributed by atoms with Gasteiger partial charge in [-0.15, -0.1) is 0 Å². The maximum atomic E-state index is 11.1. The van der Waals surface area contributed by atoms with Gasteiger partial charge in [0, 0.05) is 5.41 Å². The highest BCUT2D eigenvalue weighted by Gasteiger charge is 2.31. The Kier molecular flexibility index (Phi) is 5.91. The summed E-state index contributed by atoms with van der Waals surface area (Å²) >= 11 is 0. The van der Waals surface area contributed by atoms with Crippen LogP contribution in [-0.4, -0.2) is 21.4 Å². The van der Waals surface area contributed by atoms with Crippen LogP contribution in [0.1, 0.15) is 47.5 Å². The molecule has 1 atom stereocenters. The Morgan fingerprint density at radius 2 is 1.69 bits per heavy atom. The molecule has 0 heterocycles. The fourth-order valence-electron chi connectivity index (χ4n) is 1.58. The molecule has 0 amide bonds. The molecule has 0 aliphatic rings. The van der Waals surface area contributed by atoms with Gasteiger partial charge < -0.3 is 9.22 Å². The lowest BCUT2D eigenvalue weighted by Crippen LogP contribution is -2.37. The molecule has 0 N–H and O–H groups in total. The molecule has 0 aromatic carbocycles. The third kappa shape index (κ3) is 6.43. The maximum Gasteiger partial charge on any atom is 0.171 e. The molecule has 0 bridgehead atoms. The molecule has 2 nitrogen and oxygen atoms in total. The van der Waals surface area contributed by atoms with E-state index in [1.54, 1.807) is 0 Å². The van der Waals surface area contributed by atoms with Gasteiger partial charge in [-0.25, -0.2) is 0 Å². The summed E-state index contributed by atoms with van der Waals surface area (Å²) in [7, 11) is -1.09. The van der Waals surface area contributed by atoms with Gasteiger partial charge in [0.2, 0.25) is 0 Å². The number of rotatable bonds is 6. The van der Waals surface area contributed by atoms with E-state index in [-0.39, 0.29) is 11.5 Å². The van der Waals surface area contributed by atoms with Crippen molar-refractivity contribution in [2.24, 2.45) is 10.8 Å². The number of carbonyl (C=O) groups is 1. The van der Waals surface area contributed by atoms with Crippen molar-refractivity contribution in [1.29, 1.82) is 0 Å².